The lowest BCUT2D eigenvalue weighted by Crippen LogP contribution is -2.20. The van der Waals surface area contributed by atoms with E-state index < -0.39 is 0 Å². The molecule has 0 amide bonds. The van der Waals surface area contributed by atoms with Gasteiger partial charge in [0, 0.05) is 23.6 Å². The Morgan fingerprint density at radius 2 is 2.15 bits per heavy atom. The molecule has 0 saturated heterocycles. The lowest BCUT2D eigenvalue weighted by molar-refractivity contribution is 0.391. The van der Waals surface area contributed by atoms with Crippen LogP contribution in [-0.2, 0) is 6.54 Å². The fourth-order valence-corrected chi connectivity index (χ4v) is 2.75. The van der Waals surface area contributed by atoms with Crippen LogP contribution >= 0.6 is 11.8 Å². The van der Waals surface area contributed by atoms with Crippen molar-refractivity contribution in [1.82, 2.24) is 5.32 Å². The first kappa shape index (κ1) is 14.8. The lowest BCUT2D eigenvalue weighted by atomic mass is 10.2. The van der Waals surface area contributed by atoms with Crippen molar-refractivity contribution in [3.63, 3.8) is 0 Å². The fourth-order valence-electron chi connectivity index (χ4n) is 1.84. The molecule has 20 heavy (non-hydrogen) atoms. The average Bonchev–Trinajstić information content (AvgIpc) is 2.53. The highest BCUT2D eigenvalue weighted by molar-refractivity contribution is 8.14. The molecule has 4 nitrogen and oxygen atoms in total. The molecule has 2 rings (SSSR count). The van der Waals surface area contributed by atoms with Gasteiger partial charge in [-0.1, -0.05) is 18.7 Å². The van der Waals surface area contributed by atoms with Crippen molar-refractivity contribution in [2.24, 2.45) is 4.99 Å². The molecule has 0 spiro atoms. The summed E-state index contributed by atoms with van der Waals surface area (Å²) in [7, 11) is 3.31. The fraction of sp³-hybridized carbons (Fsp3) is 0.400. The molecular formula is C15H20N2O2S. The van der Waals surface area contributed by atoms with Crippen LogP contribution in [0.4, 0.5) is 0 Å². The maximum Gasteiger partial charge on any atom is 0.161 e. The van der Waals surface area contributed by atoms with Crippen LogP contribution in [-0.4, -0.2) is 25.1 Å². The number of thioether (sulfide) groups is 1. The Hall–Kier alpha value is -1.62. The van der Waals surface area contributed by atoms with Crippen LogP contribution in [0.15, 0.2) is 35.0 Å². The number of aliphatic imine (C=N–C) groups is 1. The summed E-state index contributed by atoms with van der Waals surface area (Å²) in [5.74, 6) is 2.61. The minimum absolute atomic E-state index is 0.595. The van der Waals surface area contributed by atoms with Crippen LogP contribution in [0.1, 0.15) is 18.9 Å². The molecule has 5 heteroatoms. The Labute approximate surface area is 124 Å². The summed E-state index contributed by atoms with van der Waals surface area (Å²) in [6.07, 6.45) is 3.14. The number of methoxy groups -OCH3 is 2. The molecule has 1 aromatic rings. The molecule has 1 aliphatic heterocycles. The molecule has 0 bridgehead atoms. The van der Waals surface area contributed by atoms with Crippen LogP contribution < -0.4 is 14.8 Å². The van der Waals surface area contributed by atoms with Gasteiger partial charge in [0.1, 0.15) is 11.5 Å². The standard InChI is InChI=1S/C15H20N2O2S/c1-4-11-8-16-15(20-10-11)17-9-12-5-6-13(18-2)7-14(12)19-3/h5-8H,4,9-10H2,1-3H3,(H,16,17). The normalized spacial score (nSPS) is 16.6. The average molecular weight is 292 g/mol. The van der Waals surface area contributed by atoms with Gasteiger partial charge in [-0.05, 0) is 24.1 Å². The third kappa shape index (κ3) is 3.70. The molecule has 1 aromatic carbocycles. The molecule has 0 unspecified atom stereocenters. The van der Waals surface area contributed by atoms with Crippen molar-refractivity contribution in [2.75, 3.05) is 20.0 Å². The Balaban J connectivity index is 2.05. The molecule has 0 fully saturated rings. The first-order valence-corrected chi connectivity index (χ1v) is 7.58. The number of hydrogen-bond donors (Lipinski definition) is 1. The second-order valence-corrected chi connectivity index (χ2v) is 5.35. The number of amidine groups is 1. The van der Waals surface area contributed by atoms with Gasteiger partial charge in [-0.25, -0.2) is 0 Å². The van der Waals surface area contributed by atoms with Crippen molar-refractivity contribution in [2.45, 2.75) is 19.9 Å². The smallest absolute Gasteiger partial charge is 0.161 e. The van der Waals surface area contributed by atoms with Crippen LogP contribution in [0.25, 0.3) is 0 Å². The number of nitrogens with one attached hydrogen (secondary N) is 1. The highest BCUT2D eigenvalue weighted by Crippen LogP contribution is 2.25. The van der Waals surface area contributed by atoms with Crippen LogP contribution in [0.3, 0.4) is 0 Å². The van der Waals surface area contributed by atoms with Gasteiger partial charge < -0.3 is 14.8 Å². The molecular weight excluding hydrogens is 272 g/mol. The molecule has 1 N–H and O–H groups in total. The van der Waals surface area contributed by atoms with E-state index in [2.05, 4.69) is 23.4 Å². The molecule has 1 aliphatic rings. The summed E-state index contributed by atoms with van der Waals surface area (Å²) in [5.41, 5.74) is 2.46. The monoisotopic (exact) mass is 292 g/mol. The quantitative estimate of drug-likeness (QED) is 0.905. The van der Waals surface area contributed by atoms with E-state index in [-0.39, 0.29) is 0 Å². The summed E-state index contributed by atoms with van der Waals surface area (Å²) in [6, 6.07) is 5.79. The molecule has 0 aliphatic carbocycles. The summed E-state index contributed by atoms with van der Waals surface area (Å²) >= 11 is 1.74. The Morgan fingerprint density at radius 1 is 1.30 bits per heavy atom. The predicted octanol–water partition coefficient (Wildman–Crippen LogP) is 3.19. The van der Waals surface area contributed by atoms with E-state index in [1.54, 1.807) is 26.0 Å². The van der Waals surface area contributed by atoms with Crippen molar-refractivity contribution in [3.8, 4) is 11.5 Å². The first-order chi connectivity index (χ1) is 9.76. The van der Waals surface area contributed by atoms with Gasteiger partial charge in [0.05, 0.1) is 20.8 Å². The Morgan fingerprint density at radius 3 is 2.75 bits per heavy atom. The molecule has 0 radical (unpaired) electrons. The molecule has 0 aromatic heterocycles. The van der Waals surface area contributed by atoms with Crippen LogP contribution in [0, 0.1) is 0 Å². The van der Waals surface area contributed by atoms with E-state index in [4.69, 9.17) is 9.47 Å². The number of nitrogens with zero attached hydrogens (tertiary/aromatic N) is 1. The number of rotatable bonds is 5. The highest BCUT2D eigenvalue weighted by Gasteiger charge is 2.09. The zero-order valence-electron chi connectivity index (χ0n) is 12.1. The second-order valence-electron chi connectivity index (χ2n) is 4.39. The first-order valence-electron chi connectivity index (χ1n) is 6.59. The lowest BCUT2D eigenvalue weighted by Gasteiger charge is -2.15. The van der Waals surface area contributed by atoms with E-state index >= 15 is 0 Å². The summed E-state index contributed by atoms with van der Waals surface area (Å²) in [5, 5.41) is 4.19. The number of benzene rings is 1. The van der Waals surface area contributed by atoms with Gasteiger partial charge in [-0.15, -0.1) is 0 Å². The van der Waals surface area contributed by atoms with Crippen LogP contribution in [0.2, 0.25) is 0 Å². The predicted molar refractivity (Wildman–Crippen MR) is 84.7 cm³/mol. The topological polar surface area (TPSA) is 42.9 Å². The summed E-state index contributed by atoms with van der Waals surface area (Å²) in [4.78, 5) is 4.59. The Bertz CT molecular complexity index is 527. The third-order valence-corrected chi connectivity index (χ3v) is 4.17. The molecule has 0 saturated carbocycles. The summed E-state index contributed by atoms with van der Waals surface area (Å²) < 4.78 is 10.6. The zero-order chi connectivity index (χ0) is 14.4. The van der Waals surface area contributed by atoms with Crippen molar-refractivity contribution < 1.29 is 9.47 Å². The van der Waals surface area contributed by atoms with Crippen molar-refractivity contribution in [3.05, 3.63) is 35.5 Å². The van der Waals surface area contributed by atoms with Gasteiger partial charge in [0.25, 0.3) is 0 Å². The second kappa shape index (κ2) is 7.24. The number of hydrogen-bond acceptors (Lipinski definition) is 4. The SMILES string of the molecule is CCC1=CNC(=NCc2ccc(OC)cc2OC)SC1. The largest absolute Gasteiger partial charge is 0.497 e. The Kier molecular flexibility index (Phi) is 5.35. The summed E-state index contributed by atoms with van der Waals surface area (Å²) in [6.45, 7) is 2.76. The zero-order valence-corrected chi connectivity index (χ0v) is 12.9. The maximum atomic E-state index is 5.37. The maximum absolute atomic E-state index is 5.37. The molecule has 108 valence electrons. The van der Waals surface area contributed by atoms with Gasteiger partial charge in [-0.3, -0.25) is 4.99 Å². The molecule has 0 atom stereocenters. The van der Waals surface area contributed by atoms with Crippen LogP contribution in [0.5, 0.6) is 11.5 Å². The van der Waals surface area contributed by atoms with E-state index in [0.29, 0.717) is 6.54 Å². The van der Waals surface area contributed by atoms with E-state index in [1.807, 2.05) is 18.2 Å². The van der Waals surface area contributed by atoms with E-state index in [1.165, 1.54) is 5.57 Å². The van der Waals surface area contributed by atoms with Crippen molar-refractivity contribution >= 4 is 16.9 Å². The van der Waals surface area contributed by atoms with E-state index in [9.17, 15) is 0 Å². The molecule has 1 heterocycles. The number of ether oxygens (including phenoxy) is 2. The minimum atomic E-state index is 0.595. The minimum Gasteiger partial charge on any atom is -0.497 e. The van der Waals surface area contributed by atoms with Gasteiger partial charge >= 0.3 is 0 Å². The van der Waals surface area contributed by atoms with Crippen molar-refractivity contribution in [1.29, 1.82) is 0 Å². The van der Waals surface area contributed by atoms with Gasteiger partial charge in [0.2, 0.25) is 0 Å². The van der Waals surface area contributed by atoms with Gasteiger partial charge in [0.15, 0.2) is 5.17 Å². The third-order valence-electron chi connectivity index (χ3n) is 3.14. The van der Waals surface area contributed by atoms with Gasteiger partial charge in [-0.2, -0.15) is 0 Å². The van der Waals surface area contributed by atoms with E-state index in [0.717, 1.165) is 34.4 Å². The highest BCUT2D eigenvalue weighted by atomic mass is 32.2.